The van der Waals surface area contributed by atoms with Crippen molar-refractivity contribution in [1.82, 2.24) is 5.32 Å². The predicted octanol–water partition coefficient (Wildman–Crippen LogP) is 5.57. The van der Waals surface area contributed by atoms with E-state index in [-0.39, 0.29) is 30.9 Å². The highest BCUT2D eigenvalue weighted by Crippen LogP contribution is 2.30. The quantitative estimate of drug-likeness (QED) is 0.148. The lowest BCUT2D eigenvalue weighted by molar-refractivity contribution is 0.0526. The lowest BCUT2D eigenvalue weighted by Gasteiger charge is -2.20. The summed E-state index contributed by atoms with van der Waals surface area (Å²) in [6.45, 7) is 4.93. The van der Waals surface area contributed by atoms with Crippen LogP contribution in [0.1, 0.15) is 41.4 Å². The normalized spacial score (nSPS) is 12.6. The van der Waals surface area contributed by atoms with E-state index in [0.29, 0.717) is 35.8 Å². The highest BCUT2D eigenvalue weighted by molar-refractivity contribution is 7.92. The van der Waals surface area contributed by atoms with E-state index in [1.165, 1.54) is 0 Å². The molecule has 0 fully saturated rings. The zero-order valence-electron chi connectivity index (χ0n) is 25.0. The van der Waals surface area contributed by atoms with Gasteiger partial charge < -0.3 is 24.6 Å². The van der Waals surface area contributed by atoms with Crippen LogP contribution in [0.4, 0.5) is 5.69 Å². The molecule has 44 heavy (non-hydrogen) atoms. The number of carbonyl (C=O) groups excluding carboxylic acids is 1. The van der Waals surface area contributed by atoms with E-state index in [1.807, 2.05) is 73.7 Å². The van der Waals surface area contributed by atoms with Gasteiger partial charge in [-0.3, -0.25) is 4.72 Å². The van der Waals surface area contributed by atoms with Crippen molar-refractivity contribution in [3.63, 3.8) is 0 Å². The monoisotopic (exact) mass is 618 g/mol. The molecule has 232 valence electrons. The fourth-order valence-electron chi connectivity index (χ4n) is 4.36. The molecule has 0 aliphatic rings. The molecular formula is C34H38N2O7S. The Morgan fingerprint density at radius 1 is 0.886 bits per heavy atom. The summed E-state index contributed by atoms with van der Waals surface area (Å²) >= 11 is 0. The number of esters is 1. The van der Waals surface area contributed by atoms with Crippen LogP contribution in [0, 0.1) is 0 Å². The van der Waals surface area contributed by atoms with Crippen molar-refractivity contribution in [3.8, 4) is 22.6 Å². The third-order valence-electron chi connectivity index (χ3n) is 6.66. The molecule has 0 unspecified atom stereocenters. The fraction of sp³-hybridized carbons (Fsp3) is 0.265. The molecule has 0 radical (unpaired) electrons. The van der Waals surface area contributed by atoms with E-state index < -0.39 is 16.1 Å². The van der Waals surface area contributed by atoms with E-state index in [0.717, 1.165) is 22.9 Å². The molecule has 0 aromatic heterocycles. The van der Waals surface area contributed by atoms with Crippen molar-refractivity contribution in [2.45, 2.75) is 32.6 Å². The molecule has 0 heterocycles. The van der Waals surface area contributed by atoms with E-state index in [2.05, 4.69) is 10.0 Å². The standard InChI is InChI=1S/C34H38N2O7S/c1-4-41-34(38)28-12-10-26(11-13-28)27-14-17-30(18-15-27)42-22-24(2)35-21-32(37)29-16-19-33(31(20-29)36-44(3,39)40)43-23-25-8-6-5-7-9-25/h5-20,24,32,35-37H,4,21-23H2,1-3H3/t24-,32+/m1/s1. The second kappa shape index (κ2) is 15.4. The Morgan fingerprint density at radius 2 is 1.55 bits per heavy atom. The van der Waals surface area contributed by atoms with Gasteiger partial charge in [0.2, 0.25) is 10.0 Å². The molecule has 0 bridgehead atoms. The maximum absolute atomic E-state index is 12.0. The van der Waals surface area contributed by atoms with Gasteiger partial charge in [0, 0.05) is 12.6 Å². The minimum Gasteiger partial charge on any atom is -0.492 e. The van der Waals surface area contributed by atoms with Gasteiger partial charge in [-0.1, -0.05) is 60.7 Å². The summed E-state index contributed by atoms with van der Waals surface area (Å²) in [4.78, 5) is 11.9. The van der Waals surface area contributed by atoms with Crippen LogP contribution in [0.5, 0.6) is 11.5 Å². The molecular weight excluding hydrogens is 580 g/mol. The van der Waals surface area contributed by atoms with Crippen molar-refractivity contribution >= 4 is 21.7 Å². The Labute approximate surface area is 258 Å². The van der Waals surface area contributed by atoms with Gasteiger partial charge in [0.05, 0.1) is 30.2 Å². The van der Waals surface area contributed by atoms with Crippen molar-refractivity contribution in [3.05, 3.63) is 114 Å². The highest BCUT2D eigenvalue weighted by atomic mass is 32.2. The van der Waals surface area contributed by atoms with E-state index in [9.17, 15) is 18.3 Å². The number of aliphatic hydroxyl groups is 1. The van der Waals surface area contributed by atoms with Crippen molar-refractivity contribution in [1.29, 1.82) is 0 Å². The molecule has 0 saturated carbocycles. The summed E-state index contributed by atoms with van der Waals surface area (Å²) < 4.78 is 43.3. The molecule has 0 aliphatic heterocycles. The Kier molecular flexibility index (Phi) is 11.4. The SMILES string of the molecule is CCOC(=O)c1ccc(-c2ccc(OC[C@@H](C)NC[C@H](O)c3ccc(OCc4ccccc4)c(NS(C)(=O)=O)c3)cc2)cc1. The summed E-state index contributed by atoms with van der Waals surface area (Å²) in [6, 6.07) is 29.3. The van der Waals surface area contributed by atoms with Gasteiger partial charge in [-0.25, -0.2) is 13.2 Å². The minimum absolute atomic E-state index is 0.0816. The summed E-state index contributed by atoms with van der Waals surface area (Å²) in [5.41, 5.74) is 4.21. The Morgan fingerprint density at radius 3 is 2.18 bits per heavy atom. The molecule has 0 saturated heterocycles. The zero-order valence-corrected chi connectivity index (χ0v) is 25.8. The maximum atomic E-state index is 12.0. The third-order valence-corrected chi connectivity index (χ3v) is 7.25. The van der Waals surface area contributed by atoms with Crippen LogP contribution in [0.2, 0.25) is 0 Å². The van der Waals surface area contributed by atoms with Gasteiger partial charge in [0.25, 0.3) is 0 Å². The smallest absolute Gasteiger partial charge is 0.338 e. The first-order valence-corrected chi connectivity index (χ1v) is 16.2. The van der Waals surface area contributed by atoms with Crippen LogP contribution in [-0.2, 0) is 21.4 Å². The number of hydrogen-bond donors (Lipinski definition) is 3. The maximum Gasteiger partial charge on any atom is 0.338 e. The van der Waals surface area contributed by atoms with Crippen molar-refractivity contribution in [2.24, 2.45) is 0 Å². The number of carbonyl (C=O) groups is 1. The van der Waals surface area contributed by atoms with Crippen LogP contribution in [0.15, 0.2) is 97.1 Å². The Hall–Kier alpha value is -4.38. The Balaban J connectivity index is 1.29. The summed E-state index contributed by atoms with van der Waals surface area (Å²) in [5, 5.41) is 14.1. The van der Waals surface area contributed by atoms with Gasteiger partial charge >= 0.3 is 5.97 Å². The summed E-state index contributed by atoms with van der Waals surface area (Å²) in [6.07, 6.45) is 0.175. The van der Waals surface area contributed by atoms with E-state index in [4.69, 9.17) is 14.2 Å². The van der Waals surface area contributed by atoms with Crippen LogP contribution in [0.25, 0.3) is 11.1 Å². The number of ether oxygens (including phenoxy) is 3. The number of anilines is 1. The first kappa shape index (κ1) is 32.5. The lowest BCUT2D eigenvalue weighted by Crippen LogP contribution is -2.34. The predicted molar refractivity (Wildman–Crippen MR) is 171 cm³/mol. The number of nitrogens with one attached hydrogen (secondary N) is 2. The average Bonchev–Trinajstić information content (AvgIpc) is 3.02. The lowest BCUT2D eigenvalue weighted by atomic mass is 10.0. The van der Waals surface area contributed by atoms with Gasteiger partial charge in [-0.2, -0.15) is 0 Å². The molecule has 10 heteroatoms. The fourth-order valence-corrected chi connectivity index (χ4v) is 4.92. The molecule has 4 aromatic rings. The zero-order chi connectivity index (χ0) is 31.5. The average molecular weight is 619 g/mol. The molecule has 3 N–H and O–H groups in total. The molecule has 0 aliphatic carbocycles. The molecule has 0 spiro atoms. The molecule has 9 nitrogen and oxygen atoms in total. The largest absolute Gasteiger partial charge is 0.492 e. The number of sulfonamides is 1. The molecule has 4 aromatic carbocycles. The first-order valence-electron chi connectivity index (χ1n) is 14.3. The number of benzene rings is 4. The molecule has 0 amide bonds. The van der Waals surface area contributed by atoms with Crippen LogP contribution < -0.4 is 19.5 Å². The molecule has 4 rings (SSSR count). The van der Waals surface area contributed by atoms with E-state index >= 15 is 0 Å². The summed E-state index contributed by atoms with van der Waals surface area (Å²) in [5.74, 6) is 0.729. The van der Waals surface area contributed by atoms with Gasteiger partial charge in [-0.15, -0.1) is 0 Å². The van der Waals surface area contributed by atoms with Crippen LogP contribution in [0.3, 0.4) is 0 Å². The second-order valence-electron chi connectivity index (χ2n) is 10.4. The van der Waals surface area contributed by atoms with Crippen LogP contribution in [-0.4, -0.2) is 51.5 Å². The van der Waals surface area contributed by atoms with Gasteiger partial charge in [-0.05, 0) is 72.5 Å². The first-order chi connectivity index (χ1) is 21.1. The number of hydrogen-bond acceptors (Lipinski definition) is 8. The van der Waals surface area contributed by atoms with E-state index in [1.54, 1.807) is 37.3 Å². The van der Waals surface area contributed by atoms with Crippen molar-refractivity contribution in [2.75, 3.05) is 30.7 Å². The summed E-state index contributed by atoms with van der Waals surface area (Å²) in [7, 11) is -3.57. The molecule has 2 atom stereocenters. The number of aliphatic hydroxyl groups excluding tert-OH is 1. The third kappa shape index (κ3) is 9.84. The second-order valence-corrected chi connectivity index (χ2v) is 12.1. The van der Waals surface area contributed by atoms with Crippen LogP contribution >= 0.6 is 0 Å². The van der Waals surface area contributed by atoms with Gasteiger partial charge in [0.1, 0.15) is 24.7 Å². The Bertz CT molecular complexity index is 1610. The number of rotatable bonds is 15. The highest BCUT2D eigenvalue weighted by Gasteiger charge is 2.16. The minimum atomic E-state index is -3.57. The van der Waals surface area contributed by atoms with Gasteiger partial charge in [0.15, 0.2) is 0 Å². The van der Waals surface area contributed by atoms with Crippen molar-refractivity contribution < 1.29 is 32.5 Å². The topological polar surface area (TPSA) is 123 Å².